The van der Waals surface area contributed by atoms with E-state index in [0.717, 1.165) is 59.8 Å². The average Bonchev–Trinajstić information content (AvgIpc) is 3.16. The molecule has 0 unspecified atom stereocenters. The first-order valence-corrected chi connectivity index (χ1v) is 13.1. The molecule has 1 aliphatic carbocycles. The summed E-state index contributed by atoms with van der Waals surface area (Å²) in [5, 5.41) is 11.3. The predicted octanol–water partition coefficient (Wildman–Crippen LogP) is 5.95. The fourth-order valence-corrected chi connectivity index (χ4v) is 5.46. The standard InChI is InChI=1S/C27H33ClN6O3/c1-16-13-29-17(2)24(30-16)18-6-8-19(9-7-18)25-32-31-23-15-33(37-26(35)36-27(3,4)5)14-20-12-21(28)10-11-22(20)34(23)25/h10-13,18-19H,6-9,14-15H2,1-5H3. The molecular formula is C27H33ClN6O3. The Balaban J connectivity index is 1.40. The maximum absolute atomic E-state index is 12.4. The summed E-state index contributed by atoms with van der Waals surface area (Å²) in [6, 6.07) is 5.76. The number of aryl methyl sites for hydroxylation is 2. The Hall–Kier alpha value is -3.04. The van der Waals surface area contributed by atoms with Crippen molar-refractivity contribution in [3.8, 4) is 5.69 Å². The normalized spacial score (nSPS) is 20.1. The highest BCUT2D eigenvalue weighted by Crippen LogP contribution is 2.41. The minimum Gasteiger partial charge on any atom is -0.427 e. The summed E-state index contributed by atoms with van der Waals surface area (Å²) in [6.07, 6.45) is 5.09. The van der Waals surface area contributed by atoms with Crippen molar-refractivity contribution in [3.05, 3.63) is 63.7 Å². The first kappa shape index (κ1) is 25.6. The van der Waals surface area contributed by atoms with Crippen molar-refractivity contribution in [2.75, 3.05) is 0 Å². The first-order valence-electron chi connectivity index (χ1n) is 12.8. The zero-order chi connectivity index (χ0) is 26.3. The topological polar surface area (TPSA) is 95.3 Å². The van der Waals surface area contributed by atoms with Crippen LogP contribution in [0.4, 0.5) is 4.79 Å². The van der Waals surface area contributed by atoms with Gasteiger partial charge in [0.05, 0.1) is 35.9 Å². The predicted molar refractivity (Wildman–Crippen MR) is 138 cm³/mol. The van der Waals surface area contributed by atoms with Gasteiger partial charge in [0.25, 0.3) is 0 Å². The molecule has 0 atom stereocenters. The molecule has 2 aliphatic rings. The number of rotatable bonds is 3. The molecule has 2 aromatic heterocycles. The van der Waals surface area contributed by atoms with Crippen molar-refractivity contribution in [2.45, 2.75) is 90.8 Å². The summed E-state index contributed by atoms with van der Waals surface area (Å²) in [6.45, 7) is 10.1. The average molecular weight is 525 g/mol. The third-order valence-electron chi connectivity index (χ3n) is 6.89. The minimum atomic E-state index is -0.753. The molecule has 1 fully saturated rings. The molecule has 0 spiro atoms. The van der Waals surface area contributed by atoms with E-state index in [1.807, 2.05) is 38.2 Å². The number of carbonyl (C=O) groups excluding carboxylic acids is 1. The van der Waals surface area contributed by atoms with E-state index in [9.17, 15) is 4.79 Å². The molecule has 9 nitrogen and oxygen atoms in total. The van der Waals surface area contributed by atoms with E-state index in [4.69, 9.17) is 26.2 Å². The van der Waals surface area contributed by atoms with Gasteiger partial charge in [0.2, 0.25) is 0 Å². The quantitative estimate of drug-likeness (QED) is 0.388. The Morgan fingerprint density at radius 2 is 1.78 bits per heavy atom. The Morgan fingerprint density at radius 1 is 1.05 bits per heavy atom. The van der Waals surface area contributed by atoms with Crippen LogP contribution in [0.3, 0.4) is 0 Å². The molecule has 0 N–H and O–H groups in total. The van der Waals surface area contributed by atoms with Crippen LogP contribution in [0, 0.1) is 13.8 Å². The number of carbonyl (C=O) groups is 1. The lowest BCUT2D eigenvalue weighted by Gasteiger charge is -2.28. The number of hydrogen-bond donors (Lipinski definition) is 0. The van der Waals surface area contributed by atoms with E-state index in [-0.39, 0.29) is 12.5 Å². The number of hydroxylamine groups is 2. The number of ether oxygens (including phenoxy) is 1. The zero-order valence-electron chi connectivity index (χ0n) is 22.0. The van der Waals surface area contributed by atoms with Crippen molar-refractivity contribution in [1.82, 2.24) is 29.8 Å². The Bertz CT molecular complexity index is 1310. The molecule has 0 radical (unpaired) electrons. The van der Waals surface area contributed by atoms with Crippen molar-refractivity contribution >= 4 is 17.8 Å². The van der Waals surface area contributed by atoms with Crippen molar-refractivity contribution in [3.63, 3.8) is 0 Å². The first-order chi connectivity index (χ1) is 17.6. The maximum Gasteiger partial charge on any atom is 0.528 e. The molecule has 0 amide bonds. The van der Waals surface area contributed by atoms with Crippen molar-refractivity contribution < 1.29 is 14.4 Å². The van der Waals surface area contributed by atoms with Crippen molar-refractivity contribution in [2.24, 2.45) is 0 Å². The number of benzene rings is 1. The van der Waals surface area contributed by atoms with E-state index in [1.54, 1.807) is 25.8 Å². The largest absolute Gasteiger partial charge is 0.528 e. The molecule has 0 saturated heterocycles. The molecule has 196 valence electrons. The molecule has 0 bridgehead atoms. The van der Waals surface area contributed by atoms with Gasteiger partial charge in [0, 0.05) is 23.1 Å². The molecule has 1 aliphatic heterocycles. The highest BCUT2D eigenvalue weighted by Gasteiger charge is 2.33. The second kappa shape index (κ2) is 10.0. The highest BCUT2D eigenvalue weighted by molar-refractivity contribution is 6.30. The summed E-state index contributed by atoms with van der Waals surface area (Å²) in [5.74, 6) is 2.31. The Morgan fingerprint density at radius 3 is 2.51 bits per heavy atom. The summed E-state index contributed by atoms with van der Waals surface area (Å²) in [5.41, 5.74) is 4.32. The number of fused-ring (bicyclic) bond motifs is 3. The maximum atomic E-state index is 12.4. The smallest absolute Gasteiger partial charge is 0.427 e. The molecule has 10 heteroatoms. The lowest BCUT2D eigenvalue weighted by molar-refractivity contribution is -0.155. The van der Waals surface area contributed by atoms with E-state index in [0.29, 0.717) is 23.3 Å². The highest BCUT2D eigenvalue weighted by atomic mass is 35.5. The van der Waals surface area contributed by atoms with Gasteiger partial charge in [0.1, 0.15) is 11.4 Å². The molecule has 5 rings (SSSR count). The van der Waals surface area contributed by atoms with Crippen LogP contribution in [0.2, 0.25) is 5.02 Å². The van der Waals surface area contributed by atoms with Gasteiger partial charge in [0.15, 0.2) is 5.82 Å². The van der Waals surface area contributed by atoms with E-state index in [2.05, 4.69) is 19.7 Å². The number of halogens is 1. The number of aromatic nitrogens is 5. The lowest BCUT2D eigenvalue weighted by Crippen LogP contribution is -2.31. The van der Waals surface area contributed by atoms with Gasteiger partial charge in [-0.3, -0.25) is 14.5 Å². The SMILES string of the molecule is Cc1cnc(C)c(C2CCC(c3nnc4n3-c3ccc(Cl)cc3CN(OC(=O)OC(C)(C)C)C4)CC2)n1. The van der Waals surface area contributed by atoms with Crippen LogP contribution >= 0.6 is 11.6 Å². The van der Waals surface area contributed by atoms with E-state index in [1.165, 1.54) is 0 Å². The second-order valence-corrected chi connectivity index (χ2v) is 11.4. The van der Waals surface area contributed by atoms with Gasteiger partial charge >= 0.3 is 6.16 Å². The fraction of sp³-hybridized carbons (Fsp3) is 0.519. The molecular weight excluding hydrogens is 492 g/mol. The van der Waals surface area contributed by atoms with Gasteiger partial charge in [-0.05, 0) is 84.1 Å². The van der Waals surface area contributed by atoms with Crippen LogP contribution in [0.25, 0.3) is 5.69 Å². The third-order valence-corrected chi connectivity index (χ3v) is 7.12. The van der Waals surface area contributed by atoms with Gasteiger partial charge in [-0.15, -0.1) is 15.3 Å². The van der Waals surface area contributed by atoms with Crippen LogP contribution in [0.1, 0.15) is 92.6 Å². The summed E-state index contributed by atoms with van der Waals surface area (Å²) < 4.78 is 7.48. The minimum absolute atomic E-state index is 0.262. The molecule has 37 heavy (non-hydrogen) atoms. The van der Waals surface area contributed by atoms with Gasteiger partial charge in [-0.25, -0.2) is 4.79 Å². The van der Waals surface area contributed by atoms with Crippen LogP contribution < -0.4 is 0 Å². The Labute approximate surface area is 222 Å². The molecule has 3 aromatic rings. The Kier molecular flexibility index (Phi) is 6.93. The number of hydrogen-bond acceptors (Lipinski definition) is 8. The summed E-state index contributed by atoms with van der Waals surface area (Å²) in [7, 11) is 0. The van der Waals surface area contributed by atoms with Crippen LogP contribution in [0.15, 0.2) is 24.4 Å². The fourth-order valence-electron chi connectivity index (χ4n) is 5.27. The van der Waals surface area contributed by atoms with E-state index >= 15 is 0 Å². The molecule has 1 aromatic carbocycles. The zero-order valence-corrected chi connectivity index (χ0v) is 22.7. The summed E-state index contributed by atoms with van der Waals surface area (Å²) in [4.78, 5) is 27.3. The van der Waals surface area contributed by atoms with Gasteiger partial charge in [-0.2, -0.15) is 0 Å². The molecule has 1 saturated carbocycles. The van der Waals surface area contributed by atoms with Gasteiger partial charge in [-0.1, -0.05) is 11.6 Å². The second-order valence-electron chi connectivity index (χ2n) is 11.0. The monoisotopic (exact) mass is 524 g/mol. The lowest BCUT2D eigenvalue weighted by atomic mass is 9.79. The van der Waals surface area contributed by atoms with E-state index < -0.39 is 11.8 Å². The third kappa shape index (κ3) is 5.62. The van der Waals surface area contributed by atoms with Crippen LogP contribution in [-0.2, 0) is 22.7 Å². The van der Waals surface area contributed by atoms with Crippen molar-refractivity contribution in [1.29, 1.82) is 0 Å². The number of nitrogens with zero attached hydrogens (tertiary/aromatic N) is 6. The van der Waals surface area contributed by atoms with Crippen LogP contribution in [0.5, 0.6) is 0 Å². The molecule has 3 heterocycles. The van der Waals surface area contributed by atoms with Gasteiger partial charge < -0.3 is 9.57 Å². The van der Waals surface area contributed by atoms with Crippen LogP contribution in [-0.4, -0.2) is 41.6 Å². The summed E-state index contributed by atoms with van der Waals surface area (Å²) >= 11 is 6.36.